The maximum atomic E-state index is 11.4. The molecule has 1 aliphatic carbocycles. The van der Waals surface area contributed by atoms with Crippen LogP contribution >= 0.6 is 0 Å². The molecule has 4 rings (SSSR count). The molecule has 2 N–H and O–H groups in total. The Hall–Kier alpha value is -3.21. The number of ketones is 1. The van der Waals surface area contributed by atoms with Gasteiger partial charge in [-0.25, -0.2) is 4.98 Å². The van der Waals surface area contributed by atoms with Gasteiger partial charge in [-0.1, -0.05) is 30.3 Å². The van der Waals surface area contributed by atoms with Crippen LogP contribution in [0.5, 0.6) is 0 Å². The summed E-state index contributed by atoms with van der Waals surface area (Å²) in [5, 5.41) is 6.68. The third-order valence-corrected chi connectivity index (χ3v) is 4.27. The van der Waals surface area contributed by atoms with Crippen molar-refractivity contribution in [2.24, 2.45) is 0 Å². The number of benzene rings is 2. The van der Waals surface area contributed by atoms with Crippen LogP contribution in [0.1, 0.15) is 30.1 Å². The lowest BCUT2D eigenvalue weighted by atomic mass is 10.1. The summed E-state index contributed by atoms with van der Waals surface area (Å²) in [5.74, 6) is 1.41. The fourth-order valence-electron chi connectivity index (χ4n) is 2.69. The second-order valence-electron chi connectivity index (χ2n) is 6.51. The number of rotatable bonds is 6. The molecular weight excluding hydrogens is 324 g/mol. The first-order chi connectivity index (χ1) is 12.7. The summed E-state index contributed by atoms with van der Waals surface area (Å²) in [6.07, 6.45) is 2.36. The molecule has 0 aliphatic heterocycles. The van der Waals surface area contributed by atoms with Crippen LogP contribution in [-0.2, 0) is 0 Å². The Morgan fingerprint density at radius 1 is 1.00 bits per heavy atom. The molecule has 0 radical (unpaired) electrons. The Kier molecular flexibility index (Phi) is 4.35. The zero-order valence-corrected chi connectivity index (χ0v) is 14.6. The molecule has 0 saturated heterocycles. The van der Waals surface area contributed by atoms with Gasteiger partial charge >= 0.3 is 0 Å². The molecule has 1 saturated carbocycles. The first-order valence-electron chi connectivity index (χ1n) is 8.76. The maximum absolute atomic E-state index is 11.4. The number of hydrogen-bond donors (Lipinski definition) is 2. The number of nitrogens with zero attached hydrogens (tertiary/aromatic N) is 2. The lowest BCUT2D eigenvalue weighted by Gasteiger charge is -2.11. The molecular formula is C21H20N4O. The normalized spacial score (nSPS) is 13.3. The summed E-state index contributed by atoms with van der Waals surface area (Å²) in [6, 6.07) is 19.9. The fraction of sp³-hybridized carbons (Fsp3) is 0.190. The number of hydrogen-bond acceptors (Lipinski definition) is 5. The van der Waals surface area contributed by atoms with E-state index in [-0.39, 0.29) is 5.78 Å². The van der Waals surface area contributed by atoms with Gasteiger partial charge < -0.3 is 10.6 Å². The molecule has 1 fully saturated rings. The quantitative estimate of drug-likeness (QED) is 0.636. The van der Waals surface area contributed by atoms with Crippen LogP contribution in [0.15, 0.2) is 60.7 Å². The van der Waals surface area contributed by atoms with Crippen molar-refractivity contribution in [3.05, 3.63) is 66.2 Å². The minimum atomic E-state index is 0.0507. The summed E-state index contributed by atoms with van der Waals surface area (Å²) in [5.41, 5.74) is 3.44. The Morgan fingerprint density at radius 3 is 2.38 bits per heavy atom. The first-order valence-corrected chi connectivity index (χ1v) is 8.76. The highest BCUT2D eigenvalue weighted by Crippen LogP contribution is 2.27. The van der Waals surface area contributed by atoms with Gasteiger partial charge in [0.25, 0.3) is 0 Å². The lowest BCUT2D eigenvalue weighted by molar-refractivity contribution is 0.101. The van der Waals surface area contributed by atoms with Gasteiger partial charge in [0.15, 0.2) is 5.78 Å². The largest absolute Gasteiger partial charge is 0.367 e. The van der Waals surface area contributed by atoms with E-state index in [1.54, 1.807) is 19.1 Å². The number of aromatic nitrogens is 2. The summed E-state index contributed by atoms with van der Waals surface area (Å²) in [7, 11) is 0. The minimum Gasteiger partial charge on any atom is -0.367 e. The molecule has 5 nitrogen and oxygen atoms in total. The molecule has 5 heteroatoms. The van der Waals surface area contributed by atoms with Crippen molar-refractivity contribution in [2.75, 3.05) is 10.6 Å². The van der Waals surface area contributed by atoms with E-state index in [0.717, 1.165) is 22.8 Å². The Labute approximate surface area is 152 Å². The van der Waals surface area contributed by atoms with E-state index in [4.69, 9.17) is 0 Å². The summed E-state index contributed by atoms with van der Waals surface area (Å²) in [4.78, 5) is 20.7. The van der Waals surface area contributed by atoms with Gasteiger partial charge in [0.2, 0.25) is 5.95 Å². The van der Waals surface area contributed by atoms with Crippen molar-refractivity contribution in [1.29, 1.82) is 0 Å². The van der Waals surface area contributed by atoms with Crippen molar-refractivity contribution >= 4 is 23.2 Å². The second-order valence-corrected chi connectivity index (χ2v) is 6.51. The molecule has 1 heterocycles. The zero-order valence-electron chi connectivity index (χ0n) is 14.6. The number of nitrogens with one attached hydrogen (secondary N) is 2. The van der Waals surface area contributed by atoms with E-state index < -0.39 is 0 Å². The van der Waals surface area contributed by atoms with Crippen LogP contribution in [0, 0.1) is 0 Å². The van der Waals surface area contributed by atoms with E-state index in [2.05, 4.69) is 20.6 Å². The average molecular weight is 344 g/mol. The van der Waals surface area contributed by atoms with E-state index in [1.165, 1.54) is 12.8 Å². The molecule has 3 aromatic rings. The molecule has 0 atom stereocenters. The molecule has 130 valence electrons. The van der Waals surface area contributed by atoms with Crippen LogP contribution in [-0.4, -0.2) is 21.8 Å². The molecule has 2 aromatic carbocycles. The smallest absolute Gasteiger partial charge is 0.229 e. The fourth-order valence-corrected chi connectivity index (χ4v) is 2.69. The van der Waals surface area contributed by atoms with Gasteiger partial charge in [0.1, 0.15) is 5.82 Å². The number of Topliss-reactive ketones (excluding diaryl/α,β-unsaturated/α-hetero) is 1. The van der Waals surface area contributed by atoms with Crippen molar-refractivity contribution in [2.45, 2.75) is 25.8 Å². The van der Waals surface area contributed by atoms with Crippen LogP contribution in [0.3, 0.4) is 0 Å². The van der Waals surface area contributed by atoms with E-state index in [0.29, 0.717) is 17.6 Å². The highest BCUT2D eigenvalue weighted by molar-refractivity contribution is 5.94. The van der Waals surface area contributed by atoms with Gasteiger partial charge in [-0.3, -0.25) is 4.79 Å². The van der Waals surface area contributed by atoms with Crippen LogP contribution in [0.2, 0.25) is 0 Å². The van der Waals surface area contributed by atoms with Crippen LogP contribution in [0.4, 0.5) is 17.5 Å². The summed E-state index contributed by atoms with van der Waals surface area (Å²) in [6.45, 7) is 1.56. The lowest BCUT2D eigenvalue weighted by Crippen LogP contribution is -2.07. The van der Waals surface area contributed by atoms with Gasteiger partial charge in [-0.2, -0.15) is 4.98 Å². The van der Waals surface area contributed by atoms with E-state index in [9.17, 15) is 4.79 Å². The molecule has 0 amide bonds. The van der Waals surface area contributed by atoms with Gasteiger partial charge in [-0.05, 0) is 44.0 Å². The number of carbonyl (C=O) groups is 1. The topological polar surface area (TPSA) is 66.9 Å². The molecule has 0 bridgehead atoms. The first kappa shape index (κ1) is 16.3. The molecule has 26 heavy (non-hydrogen) atoms. The summed E-state index contributed by atoms with van der Waals surface area (Å²) < 4.78 is 0. The number of carbonyl (C=O) groups excluding carboxylic acids is 1. The van der Waals surface area contributed by atoms with Crippen molar-refractivity contribution in [3.63, 3.8) is 0 Å². The average Bonchev–Trinajstić information content (AvgIpc) is 3.47. The third kappa shape index (κ3) is 3.88. The maximum Gasteiger partial charge on any atom is 0.229 e. The van der Waals surface area contributed by atoms with Crippen molar-refractivity contribution < 1.29 is 4.79 Å². The van der Waals surface area contributed by atoms with Gasteiger partial charge in [0, 0.05) is 28.9 Å². The number of anilines is 3. The highest BCUT2D eigenvalue weighted by atomic mass is 16.1. The zero-order chi connectivity index (χ0) is 17.9. The third-order valence-electron chi connectivity index (χ3n) is 4.27. The molecule has 0 unspecified atom stereocenters. The van der Waals surface area contributed by atoms with E-state index in [1.807, 2.05) is 48.5 Å². The summed E-state index contributed by atoms with van der Waals surface area (Å²) >= 11 is 0. The second kappa shape index (κ2) is 6.96. The Bertz CT molecular complexity index is 919. The predicted octanol–water partition coefficient (Wildman–Crippen LogP) is 4.66. The highest BCUT2D eigenvalue weighted by Gasteiger charge is 2.22. The van der Waals surface area contributed by atoms with Crippen LogP contribution in [0.25, 0.3) is 11.3 Å². The monoisotopic (exact) mass is 344 g/mol. The minimum absolute atomic E-state index is 0.0507. The Morgan fingerprint density at radius 2 is 1.73 bits per heavy atom. The van der Waals surface area contributed by atoms with Crippen molar-refractivity contribution in [3.8, 4) is 11.3 Å². The van der Waals surface area contributed by atoms with Gasteiger partial charge in [-0.15, -0.1) is 0 Å². The standard InChI is InChI=1S/C21H20N4O/c1-14(26)15-7-9-18(10-8-15)23-21-24-19(16-5-3-2-4-6-16)13-20(25-21)22-17-11-12-17/h2-10,13,17H,11-12H2,1H3,(H2,22,23,24,25). The Balaban J connectivity index is 1.64. The van der Waals surface area contributed by atoms with Gasteiger partial charge in [0.05, 0.1) is 5.69 Å². The predicted molar refractivity (Wildman–Crippen MR) is 104 cm³/mol. The van der Waals surface area contributed by atoms with Crippen molar-refractivity contribution in [1.82, 2.24) is 9.97 Å². The van der Waals surface area contributed by atoms with E-state index >= 15 is 0 Å². The van der Waals surface area contributed by atoms with Crippen LogP contribution < -0.4 is 10.6 Å². The molecule has 1 aliphatic rings. The molecule has 1 aromatic heterocycles. The SMILES string of the molecule is CC(=O)c1ccc(Nc2nc(NC3CC3)cc(-c3ccccc3)n2)cc1. The molecule has 0 spiro atoms.